The average molecular weight is 383 g/mol. The zero-order valence-electron chi connectivity index (χ0n) is 18.9. The minimum absolute atomic E-state index is 0.702. The fourth-order valence-electron chi connectivity index (χ4n) is 9.26. The van der Waals surface area contributed by atoms with Gasteiger partial charge in [0.25, 0.3) is 0 Å². The maximum absolute atomic E-state index is 3.84. The molecule has 0 radical (unpaired) electrons. The van der Waals surface area contributed by atoms with Gasteiger partial charge in [0, 0.05) is 0 Å². The molecule has 0 amide bonds. The van der Waals surface area contributed by atoms with Crippen LogP contribution in [-0.4, -0.2) is 20.4 Å². The maximum atomic E-state index is 3.84. The largest absolute Gasteiger partial charge is 0.316 e. The first-order valence-electron chi connectivity index (χ1n) is 13.4. The third-order valence-corrected chi connectivity index (χ3v) is 11.0. The van der Waals surface area contributed by atoms with Crippen LogP contribution in [0.1, 0.15) is 97.3 Å². The summed E-state index contributed by atoms with van der Waals surface area (Å²) in [6, 6.07) is 0. The lowest BCUT2D eigenvalue weighted by Crippen LogP contribution is -2.48. The number of hydrogen-bond acceptors (Lipinski definition) is 1. The third-order valence-electron chi connectivity index (χ3n) is 11.0. The molecule has 2 saturated heterocycles. The SMILES string of the molecule is CC1BC1C1CCCC(C2CCC3(C4CCCC4)C(C)CNCCC3C2)CC1. The Morgan fingerprint density at radius 1 is 0.750 bits per heavy atom. The minimum Gasteiger partial charge on any atom is -0.316 e. The van der Waals surface area contributed by atoms with E-state index in [-0.39, 0.29) is 0 Å². The molecular formula is C26H46BN. The van der Waals surface area contributed by atoms with Crippen LogP contribution in [0.25, 0.3) is 0 Å². The van der Waals surface area contributed by atoms with Crippen LogP contribution in [0.15, 0.2) is 0 Å². The molecule has 1 N–H and O–H groups in total. The van der Waals surface area contributed by atoms with E-state index in [1.54, 1.807) is 71.5 Å². The minimum atomic E-state index is 0.702. The fourth-order valence-corrected chi connectivity index (χ4v) is 9.26. The smallest absolute Gasteiger partial charge is 0.126 e. The van der Waals surface area contributed by atoms with Crippen molar-refractivity contribution in [2.75, 3.05) is 13.1 Å². The zero-order chi connectivity index (χ0) is 19.1. The van der Waals surface area contributed by atoms with Crippen LogP contribution >= 0.6 is 0 Å². The number of nitrogens with one attached hydrogen (secondary N) is 1. The van der Waals surface area contributed by atoms with E-state index in [0.29, 0.717) is 5.41 Å². The molecule has 0 aromatic carbocycles. The first-order chi connectivity index (χ1) is 13.7. The van der Waals surface area contributed by atoms with Gasteiger partial charge in [-0.15, -0.1) is 0 Å². The van der Waals surface area contributed by atoms with Crippen molar-refractivity contribution in [2.45, 2.75) is 109 Å². The van der Waals surface area contributed by atoms with Crippen molar-refractivity contribution in [3.8, 4) is 0 Å². The van der Waals surface area contributed by atoms with Crippen molar-refractivity contribution >= 4 is 7.28 Å². The molecule has 0 aromatic rings. The molecule has 5 aliphatic rings. The quantitative estimate of drug-likeness (QED) is 0.436. The van der Waals surface area contributed by atoms with Crippen molar-refractivity contribution in [3.05, 3.63) is 0 Å². The predicted octanol–water partition coefficient (Wildman–Crippen LogP) is 6.45. The highest BCUT2D eigenvalue weighted by Gasteiger charge is 2.53. The van der Waals surface area contributed by atoms with Gasteiger partial charge in [-0.05, 0) is 99.0 Å². The van der Waals surface area contributed by atoms with Crippen molar-refractivity contribution in [2.24, 2.45) is 40.9 Å². The molecule has 0 bridgehead atoms. The number of rotatable bonds is 3. The Bertz CT molecular complexity index is 529. The Labute approximate surface area is 175 Å². The average Bonchev–Trinajstić information content (AvgIpc) is 3.31. The predicted molar refractivity (Wildman–Crippen MR) is 122 cm³/mol. The summed E-state index contributed by atoms with van der Waals surface area (Å²) in [4.78, 5) is 0. The molecule has 3 aliphatic carbocycles. The molecule has 2 aliphatic heterocycles. The Hall–Kier alpha value is 0.0249. The Balaban J connectivity index is 1.28. The summed E-state index contributed by atoms with van der Waals surface area (Å²) in [6.45, 7) is 7.71. The second-order valence-electron chi connectivity index (χ2n) is 12.1. The first-order valence-corrected chi connectivity index (χ1v) is 13.4. The second kappa shape index (κ2) is 8.28. The normalized spacial score (nSPS) is 50.3. The number of fused-ring (bicyclic) bond motifs is 1. The Morgan fingerprint density at radius 3 is 2.29 bits per heavy atom. The van der Waals surface area contributed by atoms with Crippen LogP contribution in [0.3, 0.4) is 0 Å². The van der Waals surface area contributed by atoms with Gasteiger partial charge in [0.1, 0.15) is 7.28 Å². The summed E-state index contributed by atoms with van der Waals surface area (Å²) in [7, 11) is 1.55. The van der Waals surface area contributed by atoms with Crippen molar-refractivity contribution in [1.29, 1.82) is 0 Å². The van der Waals surface area contributed by atoms with Gasteiger partial charge in [-0.1, -0.05) is 64.0 Å². The van der Waals surface area contributed by atoms with Crippen LogP contribution in [0, 0.1) is 40.9 Å². The van der Waals surface area contributed by atoms with Gasteiger partial charge in [0.15, 0.2) is 0 Å². The van der Waals surface area contributed by atoms with E-state index in [0.717, 1.165) is 47.1 Å². The summed E-state index contributed by atoms with van der Waals surface area (Å²) in [5, 5.41) is 3.84. The van der Waals surface area contributed by atoms with E-state index in [1.807, 2.05) is 0 Å². The van der Waals surface area contributed by atoms with Gasteiger partial charge >= 0.3 is 0 Å². The molecule has 2 heterocycles. The molecule has 0 aromatic heterocycles. The molecule has 0 spiro atoms. The van der Waals surface area contributed by atoms with Crippen molar-refractivity contribution in [3.63, 3.8) is 0 Å². The monoisotopic (exact) mass is 383 g/mol. The third kappa shape index (κ3) is 3.63. The van der Waals surface area contributed by atoms with Crippen LogP contribution in [0.4, 0.5) is 0 Å². The van der Waals surface area contributed by atoms with Gasteiger partial charge in [-0.25, -0.2) is 0 Å². The molecule has 2 heteroatoms. The molecule has 1 nitrogen and oxygen atoms in total. The summed E-state index contributed by atoms with van der Waals surface area (Å²) >= 11 is 0. The molecule has 5 fully saturated rings. The molecule has 28 heavy (non-hydrogen) atoms. The van der Waals surface area contributed by atoms with Crippen LogP contribution in [0.5, 0.6) is 0 Å². The lowest BCUT2D eigenvalue weighted by molar-refractivity contribution is -0.0478. The van der Waals surface area contributed by atoms with Gasteiger partial charge in [0.2, 0.25) is 0 Å². The van der Waals surface area contributed by atoms with Crippen molar-refractivity contribution in [1.82, 2.24) is 5.32 Å². The van der Waals surface area contributed by atoms with Gasteiger partial charge < -0.3 is 5.32 Å². The van der Waals surface area contributed by atoms with Gasteiger partial charge in [0.05, 0.1) is 0 Å². The lowest BCUT2D eigenvalue weighted by Gasteiger charge is -2.54. The van der Waals surface area contributed by atoms with E-state index >= 15 is 0 Å². The summed E-state index contributed by atoms with van der Waals surface area (Å²) in [6.07, 6.45) is 20.2. The molecular weight excluding hydrogens is 337 g/mol. The van der Waals surface area contributed by atoms with Crippen LogP contribution in [-0.2, 0) is 0 Å². The van der Waals surface area contributed by atoms with E-state index in [4.69, 9.17) is 0 Å². The summed E-state index contributed by atoms with van der Waals surface area (Å²) < 4.78 is 0. The fraction of sp³-hybridized carbons (Fsp3) is 1.00. The van der Waals surface area contributed by atoms with Gasteiger partial charge in [-0.3, -0.25) is 0 Å². The van der Waals surface area contributed by atoms with Gasteiger partial charge in [-0.2, -0.15) is 0 Å². The molecule has 8 unspecified atom stereocenters. The Kier molecular flexibility index (Phi) is 5.90. The van der Waals surface area contributed by atoms with E-state index in [2.05, 4.69) is 19.2 Å². The highest BCUT2D eigenvalue weighted by Crippen LogP contribution is 2.60. The van der Waals surface area contributed by atoms with Crippen molar-refractivity contribution < 1.29 is 0 Å². The van der Waals surface area contributed by atoms with Crippen LogP contribution < -0.4 is 5.32 Å². The summed E-state index contributed by atoms with van der Waals surface area (Å²) in [5.74, 6) is 8.41. The van der Waals surface area contributed by atoms with E-state index in [1.165, 1.54) is 32.4 Å². The molecule has 3 saturated carbocycles. The Morgan fingerprint density at radius 2 is 1.50 bits per heavy atom. The lowest BCUT2D eigenvalue weighted by atomic mass is 9.50. The molecule has 5 rings (SSSR count). The molecule has 8 atom stereocenters. The van der Waals surface area contributed by atoms with E-state index < -0.39 is 0 Å². The second-order valence-corrected chi connectivity index (χ2v) is 12.1. The highest BCUT2D eigenvalue weighted by atomic mass is 14.9. The standard InChI is InChI=1S/C26H46BN/c1-18-17-28-15-13-24-16-22(12-14-26(18,24)23-8-3-4-9-23)20-6-5-7-21(11-10-20)25-19(2)27-25/h18-25,27-28H,3-17H2,1-2H3. The topological polar surface area (TPSA) is 12.0 Å². The number of hydrogen-bond donors (Lipinski definition) is 1. The first kappa shape index (κ1) is 20.0. The van der Waals surface area contributed by atoms with E-state index in [9.17, 15) is 0 Å². The molecule has 158 valence electrons. The summed E-state index contributed by atoms with van der Waals surface area (Å²) in [5.41, 5.74) is 0.702. The maximum Gasteiger partial charge on any atom is 0.126 e. The zero-order valence-corrected chi connectivity index (χ0v) is 18.9. The highest BCUT2D eigenvalue weighted by molar-refractivity contribution is 6.53. The van der Waals surface area contributed by atoms with Crippen LogP contribution in [0.2, 0.25) is 11.6 Å².